The number of nitrogens with zero attached hydrogens (tertiary/aromatic N) is 1. The van der Waals surface area contributed by atoms with E-state index in [9.17, 15) is 23.1 Å². The second-order valence-corrected chi connectivity index (χ2v) is 4.44. The molecule has 21 heavy (non-hydrogen) atoms. The summed E-state index contributed by atoms with van der Waals surface area (Å²) in [5.41, 5.74) is 4.24. The molecule has 0 spiro atoms. The molecule has 0 saturated heterocycles. The number of amides is 1. The second kappa shape index (κ2) is 7.28. The standard InChI is InChI=1S/C13H17F3N2O3/c1-18(12(20)6-17)7-9(19)8-21-11-5-3-2-4-10(11)13(14,15)16/h2-5,9,19H,6-8,17H2,1H3. The number of ether oxygens (including phenoxy) is 1. The van der Waals surface area contributed by atoms with E-state index >= 15 is 0 Å². The van der Waals surface area contributed by atoms with E-state index in [-0.39, 0.29) is 31.4 Å². The summed E-state index contributed by atoms with van der Waals surface area (Å²) in [5, 5.41) is 9.68. The Morgan fingerprint density at radius 3 is 2.62 bits per heavy atom. The molecule has 1 aromatic carbocycles. The first-order valence-corrected chi connectivity index (χ1v) is 6.16. The minimum atomic E-state index is -4.53. The fourth-order valence-electron chi connectivity index (χ4n) is 1.64. The van der Waals surface area contributed by atoms with Crippen LogP contribution in [-0.4, -0.2) is 48.8 Å². The van der Waals surface area contributed by atoms with E-state index < -0.39 is 17.8 Å². The highest BCUT2D eigenvalue weighted by Gasteiger charge is 2.34. The summed E-state index contributed by atoms with van der Waals surface area (Å²) in [6.07, 6.45) is -5.65. The summed E-state index contributed by atoms with van der Waals surface area (Å²) < 4.78 is 43.2. The number of carbonyl (C=O) groups is 1. The third-order valence-corrected chi connectivity index (χ3v) is 2.71. The van der Waals surface area contributed by atoms with Gasteiger partial charge in [-0.3, -0.25) is 4.79 Å². The van der Waals surface area contributed by atoms with Crippen LogP contribution in [0, 0.1) is 0 Å². The minimum Gasteiger partial charge on any atom is -0.490 e. The molecule has 0 fully saturated rings. The van der Waals surface area contributed by atoms with Gasteiger partial charge in [-0.15, -0.1) is 0 Å². The number of aliphatic hydroxyl groups excluding tert-OH is 1. The number of halogens is 3. The molecule has 0 radical (unpaired) electrons. The number of para-hydroxylation sites is 1. The van der Waals surface area contributed by atoms with Gasteiger partial charge in [-0.2, -0.15) is 13.2 Å². The van der Waals surface area contributed by atoms with Crippen LogP contribution >= 0.6 is 0 Å². The van der Waals surface area contributed by atoms with Crippen molar-refractivity contribution in [3.63, 3.8) is 0 Å². The van der Waals surface area contributed by atoms with Crippen molar-refractivity contribution in [1.29, 1.82) is 0 Å². The van der Waals surface area contributed by atoms with Gasteiger partial charge in [0.1, 0.15) is 18.5 Å². The van der Waals surface area contributed by atoms with E-state index in [2.05, 4.69) is 0 Å². The Balaban J connectivity index is 2.62. The number of hydrogen-bond acceptors (Lipinski definition) is 4. The zero-order valence-corrected chi connectivity index (χ0v) is 11.4. The molecule has 0 saturated carbocycles. The van der Waals surface area contributed by atoms with Gasteiger partial charge in [-0.05, 0) is 12.1 Å². The van der Waals surface area contributed by atoms with Crippen LogP contribution in [0.25, 0.3) is 0 Å². The maximum Gasteiger partial charge on any atom is 0.419 e. The first-order chi connectivity index (χ1) is 9.75. The SMILES string of the molecule is CN(CC(O)COc1ccccc1C(F)(F)F)C(=O)CN. The van der Waals surface area contributed by atoms with E-state index in [1.807, 2.05) is 0 Å². The van der Waals surface area contributed by atoms with E-state index in [1.54, 1.807) is 0 Å². The highest BCUT2D eigenvalue weighted by Crippen LogP contribution is 2.35. The topological polar surface area (TPSA) is 75.8 Å². The van der Waals surface area contributed by atoms with Gasteiger partial charge in [0.15, 0.2) is 0 Å². The number of carbonyl (C=O) groups excluding carboxylic acids is 1. The minimum absolute atomic E-state index is 0.0791. The number of rotatable bonds is 6. The highest BCUT2D eigenvalue weighted by molar-refractivity contribution is 5.77. The lowest BCUT2D eigenvalue weighted by molar-refractivity contribution is -0.139. The fraction of sp³-hybridized carbons (Fsp3) is 0.462. The first-order valence-electron chi connectivity index (χ1n) is 6.16. The van der Waals surface area contributed by atoms with E-state index in [4.69, 9.17) is 10.5 Å². The number of aliphatic hydroxyl groups is 1. The molecule has 1 aromatic rings. The third kappa shape index (κ3) is 5.24. The molecule has 1 atom stereocenters. The molecule has 0 aromatic heterocycles. The van der Waals surface area contributed by atoms with Crippen LogP contribution in [0.1, 0.15) is 5.56 Å². The van der Waals surface area contributed by atoms with E-state index in [0.29, 0.717) is 0 Å². The van der Waals surface area contributed by atoms with Crippen LogP contribution < -0.4 is 10.5 Å². The summed E-state index contributed by atoms with van der Waals surface area (Å²) in [6.45, 7) is -0.652. The Hall–Kier alpha value is -1.80. The molecule has 1 rings (SSSR count). The number of hydrogen-bond donors (Lipinski definition) is 2. The molecule has 0 aliphatic heterocycles. The Morgan fingerprint density at radius 1 is 1.43 bits per heavy atom. The Kier molecular flexibility index (Phi) is 5.98. The lowest BCUT2D eigenvalue weighted by Crippen LogP contribution is -2.40. The normalized spacial score (nSPS) is 12.9. The molecule has 1 amide bonds. The van der Waals surface area contributed by atoms with Crippen LogP contribution in [0.5, 0.6) is 5.75 Å². The molecule has 0 heterocycles. The predicted octanol–water partition coefficient (Wildman–Crippen LogP) is 0.862. The molecule has 8 heteroatoms. The number of nitrogens with two attached hydrogens (primary N) is 1. The van der Waals surface area contributed by atoms with E-state index in [0.717, 1.165) is 6.07 Å². The number of likely N-dealkylation sites (N-methyl/N-ethyl adjacent to an activating group) is 1. The molecular formula is C13H17F3N2O3. The maximum absolute atomic E-state index is 12.7. The van der Waals surface area contributed by atoms with Crippen molar-refractivity contribution in [1.82, 2.24) is 4.90 Å². The van der Waals surface area contributed by atoms with Gasteiger partial charge < -0.3 is 20.5 Å². The lowest BCUT2D eigenvalue weighted by atomic mass is 10.2. The summed E-state index contributed by atoms with van der Waals surface area (Å²) in [6, 6.07) is 4.72. The zero-order chi connectivity index (χ0) is 16.0. The predicted molar refractivity (Wildman–Crippen MR) is 69.6 cm³/mol. The quantitative estimate of drug-likeness (QED) is 0.817. The van der Waals surface area contributed by atoms with Crippen molar-refractivity contribution in [3.05, 3.63) is 29.8 Å². The molecule has 0 aliphatic rings. The van der Waals surface area contributed by atoms with Crippen LogP contribution in [0.3, 0.4) is 0 Å². The van der Waals surface area contributed by atoms with Gasteiger partial charge in [0.05, 0.1) is 12.1 Å². The molecular weight excluding hydrogens is 289 g/mol. The van der Waals surface area contributed by atoms with Crippen molar-refractivity contribution in [2.75, 3.05) is 26.7 Å². The van der Waals surface area contributed by atoms with Gasteiger partial charge >= 0.3 is 6.18 Å². The van der Waals surface area contributed by atoms with Crippen molar-refractivity contribution in [2.45, 2.75) is 12.3 Å². The first kappa shape index (κ1) is 17.3. The second-order valence-electron chi connectivity index (χ2n) is 4.44. The average Bonchev–Trinajstić information content (AvgIpc) is 2.43. The van der Waals surface area contributed by atoms with Crippen molar-refractivity contribution in [3.8, 4) is 5.75 Å². The lowest BCUT2D eigenvalue weighted by Gasteiger charge is -2.21. The average molecular weight is 306 g/mol. The van der Waals surface area contributed by atoms with Gasteiger partial charge in [-0.25, -0.2) is 0 Å². The molecule has 1 unspecified atom stereocenters. The summed E-state index contributed by atoms with van der Waals surface area (Å²) >= 11 is 0. The molecule has 118 valence electrons. The van der Waals surface area contributed by atoms with Gasteiger partial charge in [0, 0.05) is 13.6 Å². The van der Waals surface area contributed by atoms with Crippen molar-refractivity contribution < 1.29 is 27.8 Å². The van der Waals surface area contributed by atoms with Crippen LogP contribution in [0.4, 0.5) is 13.2 Å². The highest BCUT2D eigenvalue weighted by atomic mass is 19.4. The zero-order valence-electron chi connectivity index (χ0n) is 11.4. The van der Waals surface area contributed by atoms with Crippen molar-refractivity contribution in [2.24, 2.45) is 5.73 Å². The molecule has 0 bridgehead atoms. The maximum atomic E-state index is 12.7. The summed E-state index contributed by atoms with van der Waals surface area (Å²) in [5.74, 6) is -0.749. The van der Waals surface area contributed by atoms with Gasteiger partial charge in [0.25, 0.3) is 0 Å². The molecule has 0 aliphatic carbocycles. The van der Waals surface area contributed by atoms with Crippen LogP contribution in [0.2, 0.25) is 0 Å². The fourth-order valence-corrected chi connectivity index (χ4v) is 1.64. The Morgan fingerprint density at radius 2 is 2.05 bits per heavy atom. The summed E-state index contributed by atoms with van der Waals surface area (Å²) in [7, 11) is 1.43. The number of alkyl halides is 3. The third-order valence-electron chi connectivity index (χ3n) is 2.71. The Bertz CT molecular complexity index is 480. The summed E-state index contributed by atoms with van der Waals surface area (Å²) in [4.78, 5) is 12.4. The van der Waals surface area contributed by atoms with Gasteiger partial charge in [-0.1, -0.05) is 12.1 Å². The van der Waals surface area contributed by atoms with E-state index in [1.165, 1.54) is 30.1 Å². The van der Waals surface area contributed by atoms with Crippen molar-refractivity contribution >= 4 is 5.91 Å². The van der Waals surface area contributed by atoms with Crippen LogP contribution in [-0.2, 0) is 11.0 Å². The molecule has 5 nitrogen and oxygen atoms in total. The monoisotopic (exact) mass is 306 g/mol. The molecule has 3 N–H and O–H groups in total. The Labute approximate surface area is 120 Å². The van der Waals surface area contributed by atoms with Gasteiger partial charge in [0.2, 0.25) is 5.91 Å². The largest absolute Gasteiger partial charge is 0.490 e. The smallest absolute Gasteiger partial charge is 0.419 e. The number of benzene rings is 1. The van der Waals surface area contributed by atoms with Crippen LogP contribution in [0.15, 0.2) is 24.3 Å².